The van der Waals surface area contributed by atoms with E-state index in [2.05, 4.69) is 0 Å². The van der Waals surface area contributed by atoms with E-state index in [9.17, 15) is 4.79 Å². The van der Waals surface area contributed by atoms with E-state index in [1.165, 1.54) is 5.56 Å². The molecule has 0 aromatic carbocycles. The van der Waals surface area contributed by atoms with E-state index in [1.54, 1.807) is 11.6 Å². The number of pyridine rings is 1. The highest BCUT2D eigenvalue weighted by atomic mass is 16.1. The van der Waals surface area contributed by atoms with Crippen LogP contribution >= 0.6 is 0 Å². The molecule has 2 heteroatoms. The second-order valence-electron chi connectivity index (χ2n) is 2.96. The summed E-state index contributed by atoms with van der Waals surface area (Å²) in [7, 11) is 1.80. The maximum atomic E-state index is 11.3. The second kappa shape index (κ2) is 8.27. The SMILES string of the molecule is CC.CC.Cc1cc(C)c(=O)n(C)c1C. The third-order valence-corrected chi connectivity index (χ3v) is 2.15. The van der Waals surface area contributed by atoms with E-state index >= 15 is 0 Å². The zero-order chi connectivity index (χ0) is 12.6. The third kappa shape index (κ3) is 4.32. The second-order valence-corrected chi connectivity index (χ2v) is 2.96. The lowest BCUT2D eigenvalue weighted by Crippen LogP contribution is -2.21. The van der Waals surface area contributed by atoms with Gasteiger partial charge in [-0.3, -0.25) is 4.79 Å². The lowest BCUT2D eigenvalue weighted by Gasteiger charge is -2.07. The first kappa shape index (κ1) is 16.4. The molecule has 88 valence electrons. The summed E-state index contributed by atoms with van der Waals surface area (Å²) in [6.07, 6.45) is 0. The minimum Gasteiger partial charge on any atom is -0.316 e. The lowest BCUT2D eigenvalue weighted by molar-refractivity contribution is 0.798. The molecule has 0 saturated carbocycles. The normalized spacial score (nSPS) is 8.27. The molecule has 0 unspecified atom stereocenters. The fourth-order valence-electron chi connectivity index (χ4n) is 1.17. The fourth-order valence-corrected chi connectivity index (χ4v) is 1.17. The highest BCUT2D eigenvalue weighted by Crippen LogP contribution is 2.03. The molecule has 0 aliphatic rings. The number of hydrogen-bond acceptors (Lipinski definition) is 1. The summed E-state index contributed by atoms with van der Waals surface area (Å²) in [6, 6.07) is 1.93. The van der Waals surface area contributed by atoms with E-state index < -0.39 is 0 Å². The Morgan fingerprint density at radius 3 is 1.73 bits per heavy atom. The van der Waals surface area contributed by atoms with Crippen LogP contribution in [-0.2, 0) is 7.05 Å². The lowest BCUT2D eigenvalue weighted by atomic mass is 10.2. The first-order valence-corrected chi connectivity index (χ1v) is 5.68. The molecule has 15 heavy (non-hydrogen) atoms. The molecule has 0 radical (unpaired) electrons. The van der Waals surface area contributed by atoms with Crippen molar-refractivity contribution >= 4 is 0 Å². The monoisotopic (exact) mass is 211 g/mol. The molecule has 1 aromatic rings. The van der Waals surface area contributed by atoms with Crippen molar-refractivity contribution < 1.29 is 0 Å². The topological polar surface area (TPSA) is 22.0 Å². The molecule has 0 aliphatic carbocycles. The van der Waals surface area contributed by atoms with Gasteiger partial charge in [0.25, 0.3) is 5.56 Å². The number of hydrogen-bond donors (Lipinski definition) is 0. The van der Waals surface area contributed by atoms with E-state index in [1.807, 2.05) is 54.5 Å². The molecule has 2 nitrogen and oxygen atoms in total. The largest absolute Gasteiger partial charge is 0.316 e. The van der Waals surface area contributed by atoms with Crippen LogP contribution in [-0.4, -0.2) is 4.57 Å². The summed E-state index contributed by atoms with van der Waals surface area (Å²) in [6.45, 7) is 13.8. The summed E-state index contributed by atoms with van der Waals surface area (Å²) in [5, 5.41) is 0. The maximum absolute atomic E-state index is 11.3. The first-order chi connectivity index (χ1) is 7.04. The molecule has 0 aliphatic heterocycles. The van der Waals surface area contributed by atoms with Crippen molar-refractivity contribution in [2.24, 2.45) is 7.05 Å². The van der Waals surface area contributed by atoms with Crippen molar-refractivity contribution in [2.75, 3.05) is 0 Å². The van der Waals surface area contributed by atoms with E-state index in [0.717, 1.165) is 11.3 Å². The van der Waals surface area contributed by atoms with Gasteiger partial charge < -0.3 is 4.57 Å². The Kier molecular flexibility index (Phi) is 9.04. The minimum absolute atomic E-state index is 0.105. The van der Waals surface area contributed by atoms with Crippen LogP contribution in [0.2, 0.25) is 0 Å². The Morgan fingerprint density at radius 1 is 0.933 bits per heavy atom. The van der Waals surface area contributed by atoms with Crippen molar-refractivity contribution in [3.63, 3.8) is 0 Å². The molecule has 0 saturated heterocycles. The van der Waals surface area contributed by atoms with Gasteiger partial charge >= 0.3 is 0 Å². The Hall–Kier alpha value is -1.05. The molecule has 1 heterocycles. The van der Waals surface area contributed by atoms with Crippen LogP contribution in [0, 0.1) is 20.8 Å². The van der Waals surface area contributed by atoms with E-state index in [4.69, 9.17) is 0 Å². The third-order valence-electron chi connectivity index (χ3n) is 2.15. The molecule has 1 aromatic heterocycles. The van der Waals surface area contributed by atoms with Crippen LogP contribution in [0.25, 0.3) is 0 Å². The summed E-state index contributed by atoms with van der Waals surface area (Å²) in [5.74, 6) is 0. The molecule has 0 N–H and O–H groups in total. The highest BCUT2D eigenvalue weighted by molar-refractivity contribution is 5.23. The van der Waals surface area contributed by atoms with Crippen molar-refractivity contribution in [3.8, 4) is 0 Å². The van der Waals surface area contributed by atoms with Crippen molar-refractivity contribution in [2.45, 2.75) is 48.5 Å². The number of nitrogens with zero attached hydrogens (tertiary/aromatic N) is 1. The molecule has 0 bridgehead atoms. The standard InChI is InChI=1S/C9H13NO.2C2H6/c1-6-5-7(2)9(11)10(4)8(6)3;2*1-2/h5H,1-4H3;2*1-2H3. The van der Waals surface area contributed by atoms with E-state index in [0.29, 0.717) is 0 Å². The Morgan fingerprint density at radius 2 is 1.33 bits per heavy atom. The molecule has 0 fully saturated rings. The predicted octanol–water partition coefficient (Wildman–Crippen LogP) is 3.36. The average molecular weight is 211 g/mol. The van der Waals surface area contributed by atoms with Crippen molar-refractivity contribution in [1.29, 1.82) is 0 Å². The molecule has 1 rings (SSSR count). The van der Waals surface area contributed by atoms with Gasteiger partial charge in [-0.25, -0.2) is 0 Å². The van der Waals surface area contributed by atoms with Gasteiger partial charge in [0.2, 0.25) is 0 Å². The number of aromatic nitrogens is 1. The molecule has 0 amide bonds. The quantitative estimate of drug-likeness (QED) is 0.645. The van der Waals surface area contributed by atoms with Gasteiger partial charge in [-0.05, 0) is 32.4 Å². The number of aryl methyl sites for hydroxylation is 2. The summed E-state index contributed by atoms with van der Waals surface area (Å²) < 4.78 is 1.69. The summed E-state index contributed by atoms with van der Waals surface area (Å²) in [5.41, 5.74) is 3.13. The molecule has 0 spiro atoms. The van der Waals surface area contributed by atoms with Gasteiger partial charge in [0.15, 0.2) is 0 Å². The highest BCUT2D eigenvalue weighted by Gasteiger charge is 2.01. The fraction of sp³-hybridized carbons (Fsp3) is 0.615. The van der Waals surface area contributed by atoms with Crippen LogP contribution in [0.5, 0.6) is 0 Å². The number of rotatable bonds is 0. The van der Waals surface area contributed by atoms with Crippen LogP contribution < -0.4 is 5.56 Å². The first-order valence-electron chi connectivity index (χ1n) is 5.68. The Balaban J connectivity index is 0. The minimum atomic E-state index is 0.105. The molecular formula is C13H25NO. The maximum Gasteiger partial charge on any atom is 0.253 e. The van der Waals surface area contributed by atoms with Crippen LogP contribution in [0.1, 0.15) is 44.5 Å². The molecule has 0 atom stereocenters. The van der Waals surface area contributed by atoms with Gasteiger partial charge in [-0.1, -0.05) is 27.7 Å². The van der Waals surface area contributed by atoms with Gasteiger partial charge in [-0.2, -0.15) is 0 Å². The van der Waals surface area contributed by atoms with Crippen LogP contribution in [0.15, 0.2) is 10.9 Å². The van der Waals surface area contributed by atoms with Gasteiger partial charge in [0.1, 0.15) is 0 Å². The Bertz CT molecular complexity index is 337. The van der Waals surface area contributed by atoms with Gasteiger partial charge in [-0.15, -0.1) is 0 Å². The van der Waals surface area contributed by atoms with E-state index in [-0.39, 0.29) is 5.56 Å². The summed E-state index contributed by atoms with van der Waals surface area (Å²) >= 11 is 0. The van der Waals surface area contributed by atoms with Gasteiger partial charge in [0.05, 0.1) is 0 Å². The Labute approximate surface area is 94.0 Å². The zero-order valence-corrected chi connectivity index (χ0v) is 11.4. The summed E-state index contributed by atoms with van der Waals surface area (Å²) in [4.78, 5) is 11.3. The smallest absolute Gasteiger partial charge is 0.253 e. The predicted molar refractivity (Wildman–Crippen MR) is 68.6 cm³/mol. The van der Waals surface area contributed by atoms with Crippen LogP contribution in [0.4, 0.5) is 0 Å². The molecular weight excluding hydrogens is 186 g/mol. The van der Waals surface area contributed by atoms with Crippen molar-refractivity contribution in [1.82, 2.24) is 4.57 Å². The zero-order valence-electron chi connectivity index (χ0n) is 11.4. The van der Waals surface area contributed by atoms with Crippen molar-refractivity contribution in [3.05, 3.63) is 33.2 Å². The average Bonchev–Trinajstić information content (AvgIpc) is 2.29. The van der Waals surface area contributed by atoms with Gasteiger partial charge in [0, 0.05) is 18.3 Å². The van der Waals surface area contributed by atoms with Crippen LogP contribution in [0.3, 0.4) is 0 Å².